The fraction of sp³-hybridized carbons (Fsp3) is 0.417. The summed E-state index contributed by atoms with van der Waals surface area (Å²) in [6.07, 6.45) is 1.33. The van der Waals surface area contributed by atoms with E-state index in [1.54, 1.807) is 13.0 Å². The fourth-order valence-electron chi connectivity index (χ4n) is 1.52. The lowest BCUT2D eigenvalue weighted by Gasteiger charge is -2.16. The second kappa shape index (κ2) is 5.49. The van der Waals surface area contributed by atoms with Gasteiger partial charge in [-0.05, 0) is 37.1 Å². The van der Waals surface area contributed by atoms with Gasteiger partial charge in [0.05, 0.1) is 0 Å². The van der Waals surface area contributed by atoms with Crippen LogP contribution in [0.5, 0.6) is 0 Å². The Bertz CT molecular complexity index is 379. The largest absolute Gasteiger partial charge is 0.480 e. The van der Waals surface area contributed by atoms with Gasteiger partial charge >= 0.3 is 5.97 Å². The maximum absolute atomic E-state index is 12.8. The number of nitrogens with one attached hydrogen (secondary N) is 1. The number of halogens is 1. The molecular weight excluding hydrogens is 209 g/mol. The Balaban J connectivity index is 2.81. The zero-order chi connectivity index (χ0) is 12.1. The molecule has 0 aliphatic heterocycles. The molecule has 2 N–H and O–H groups in total. The van der Waals surface area contributed by atoms with Gasteiger partial charge in [0, 0.05) is 5.69 Å². The Morgan fingerprint density at radius 1 is 1.56 bits per heavy atom. The van der Waals surface area contributed by atoms with Gasteiger partial charge in [-0.1, -0.05) is 13.3 Å². The predicted molar refractivity (Wildman–Crippen MR) is 61.1 cm³/mol. The Morgan fingerprint density at radius 2 is 2.25 bits per heavy atom. The second-order valence-electron chi connectivity index (χ2n) is 3.78. The zero-order valence-electron chi connectivity index (χ0n) is 9.46. The van der Waals surface area contributed by atoms with E-state index in [2.05, 4.69) is 5.32 Å². The maximum Gasteiger partial charge on any atom is 0.326 e. The van der Waals surface area contributed by atoms with Crippen LogP contribution in [0.15, 0.2) is 18.2 Å². The number of benzene rings is 1. The van der Waals surface area contributed by atoms with Crippen molar-refractivity contribution in [3.8, 4) is 0 Å². The van der Waals surface area contributed by atoms with Crippen molar-refractivity contribution < 1.29 is 14.3 Å². The lowest BCUT2D eigenvalue weighted by molar-refractivity contribution is -0.138. The highest BCUT2D eigenvalue weighted by atomic mass is 19.1. The van der Waals surface area contributed by atoms with E-state index in [1.807, 2.05) is 6.92 Å². The van der Waals surface area contributed by atoms with Crippen LogP contribution in [0.4, 0.5) is 10.1 Å². The first-order valence-electron chi connectivity index (χ1n) is 5.30. The number of rotatable bonds is 5. The van der Waals surface area contributed by atoms with E-state index in [1.165, 1.54) is 12.1 Å². The lowest BCUT2D eigenvalue weighted by Crippen LogP contribution is -2.29. The summed E-state index contributed by atoms with van der Waals surface area (Å²) in [6, 6.07) is 3.65. The predicted octanol–water partition coefficient (Wildman–Crippen LogP) is 2.80. The Kier molecular flexibility index (Phi) is 4.28. The van der Waals surface area contributed by atoms with Gasteiger partial charge in [0.2, 0.25) is 0 Å². The van der Waals surface area contributed by atoms with Gasteiger partial charge in [-0.2, -0.15) is 0 Å². The van der Waals surface area contributed by atoms with Crippen molar-refractivity contribution in [1.29, 1.82) is 0 Å². The van der Waals surface area contributed by atoms with E-state index in [0.717, 1.165) is 6.42 Å². The van der Waals surface area contributed by atoms with Crippen LogP contribution in [0.25, 0.3) is 0 Å². The molecule has 0 saturated carbocycles. The molecule has 0 radical (unpaired) electrons. The number of carbonyl (C=O) groups is 1. The normalized spacial score (nSPS) is 12.2. The van der Waals surface area contributed by atoms with Gasteiger partial charge in [0.1, 0.15) is 11.9 Å². The van der Waals surface area contributed by atoms with Crippen LogP contribution in [0, 0.1) is 12.7 Å². The second-order valence-corrected chi connectivity index (χ2v) is 3.78. The molecule has 0 aromatic heterocycles. The Hall–Kier alpha value is -1.58. The third-order valence-electron chi connectivity index (χ3n) is 2.39. The molecule has 0 fully saturated rings. The molecule has 0 spiro atoms. The molecule has 88 valence electrons. The summed E-state index contributed by atoms with van der Waals surface area (Å²) in [6.45, 7) is 3.67. The minimum Gasteiger partial charge on any atom is -0.480 e. The molecule has 4 heteroatoms. The van der Waals surface area contributed by atoms with Crippen molar-refractivity contribution in [3.63, 3.8) is 0 Å². The molecule has 1 aromatic carbocycles. The van der Waals surface area contributed by atoms with Crippen LogP contribution in [-0.4, -0.2) is 17.1 Å². The molecule has 0 heterocycles. The van der Waals surface area contributed by atoms with Gasteiger partial charge < -0.3 is 10.4 Å². The van der Waals surface area contributed by atoms with Gasteiger partial charge in [-0.15, -0.1) is 0 Å². The van der Waals surface area contributed by atoms with Crippen molar-refractivity contribution in [2.75, 3.05) is 5.32 Å². The van der Waals surface area contributed by atoms with E-state index >= 15 is 0 Å². The standard InChI is InChI=1S/C12H16FNO2/c1-3-4-11(12(15)16)14-10-6-5-9(13)7-8(10)2/h5-7,11,14H,3-4H2,1-2H3,(H,15,16). The first kappa shape index (κ1) is 12.5. The molecule has 0 aliphatic rings. The quantitative estimate of drug-likeness (QED) is 0.810. The van der Waals surface area contributed by atoms with Crippen LogP contribution >= 0.6 is 0 Å². The maximum atomic E-state index is 12.8. The van der Waals surface area contributed by atoms with Crippen molar-refractivity contribution in [2.24, 2.45) is 0 Å². The fourth-order valence-corrected chi connectivity index (χ4v) is 1.52. The molecule has 0 saturated heterocycles. The molecule has 0 amide bonds. The van der Waals surface area contributed by atoms with Crippen molar-refractivity contribution in [1.82, 2.24) is 0 Å². The van der Waals surface area contributed by atoms with Gasteiger partial charge in [0.15, 0.2) is 0 Å². The van der Waals surface area contributed by atoms with Crippen LogP contribution in [0.3, 0.4) is 0 Å². The van der Waals surface area contributed by atoms with Crippen LogP contribution in [-0.2, 0) is 4.79 Å². The monoisotopic (exact) mass is 225 g/mol. The molecule has 0 bridgehead atoms. The number of aliphatic carboxylic acids is 1. The first-order valence-corrected chi connectivity index (χ1v) is 5.30. The number of carboxylic acid groups (broad SMARTS) is 1. The summed E-state index contributed by atoms with van der Waals surface area (Å²) in [7, 11) is 0. The molecule has 3 nitrogen and oxygen atoms in total. The average Bonchev–Trinajstić information content (AvgIpc) is 2.20. The summed E-state index contributed by atoms with van der Waals surface area (Å²) in [5.41, 5.74) is 1.38. The van der Waals surface area contributed by atoms with E-state index in [-0.39, 0.29) is 5.82 Å². The zero-order valence-corrected chi connectivity index (χ0v) is 9.46. The van der Waals surface area contributed by atoms with Gasteiger partial charge in [0.25, 0.3) is 0 Å². The minimum atomic E-state index is -0.884. The molecule has 16 heavy (non-hydrogen) atoms. The third-order valence-corrected chi connectivity index (χ3v) is 2.39. The topological polar surface area (TPSA) is 49.3 Å². The van der Waals surface area contributed by atoms with E-state index in [4.69, 9.17) is 5.11 Å². The summed E-state index contributed by atoms with van der Waals surface area (Å²) in [5.74, 6) is -1.20. The van der Waals surface area contributed by atoms with Gasteiger partial charge in [-0.3, -0.25) is 0 Å². The molecule has 0 aliphatic carbocycles. The van der Waals surface area contributed by atoms with Crippen LogP contribution in [0.2, 0.25) is 0 Å². The summed E-state index contributed by atoms with van der Waals surface area (Å²) < 4.78 is 12.8. The number of aryl methyl sites for hydroxylation is 1. The number of anilines is 1. The van der Waals surface area contributed by atoms with Crippen molar-refractivity contribution in [2.45, 2.75) is 32.7 Å². The number of carboxylic acids is 1. The van der Waals surface area contributed by atoms with Crippen LogP contribution < -0.4 is 5.32 Å². The number of hydrogen-bond donors (Lipinski definition) is 2. The van der Waals surface area contributed by atoms with Gasteiger partial charge in [-0.25, -0.2) is 9.18 Å². The number of hydrogen-bond acceptors (Lipinski definition) is 2. The van der Waals surface area contributed by atoms with Crippen molar-refractivity contribution in [3.05, 3.63) is 29.6 Å². The molecule has 1 atom stereocenters. The first-order chi connectivity index (χ1) is 7.54. The highest BCUT2D eigenvalue weighted by Gasteiger charge is 2.16. The molecular formula is C12H16FNO2. The molecule has 1 unspecified atom stereocenters. The lowest BCUT2D eigenvalue weighted by atomic mass is 10.1. The Morgan fingerprint density at radius 3 is 2.75 bits per heavy atom. The summed E-state index contributed by atoms with van der Waals surface area (Å²) >= 11 is 0. The van der Waals surface area contributed by atoms with E-state index < -0.39 is 12.0 Å². The third kappa shape index (κ3) is 3.22. The highest BCUT2D eigenvalue weighted by Crippen LogP contribution is 2.17. The highest BCUT2D eigenvalue weighted by molar-refractivity contribution is 5.77. The minimum absolute atomic E-state index is 0.314. The van der Waals surface area contributed by atoms with Crippen molar-refractivity contribution >= 4 is 11.7 Å². The summed E-state index contributed by atoms with van der Waals surface area (Å²) in [5, 5.41) is 11.9. The molecule has 1 rings (SSSR count). The Labute approximate surface area is 94.3 Å². The SMILES string of the molecule is CCCC(Nc1ccc(F)cc1C)C(=O)O. The average molecular weight is 225 g/mol. The van der Waals surface area contributed by atoms with E-state index in [0.29, 0.717) is 17.7 Å². The van der Waals surface area contributed by atoms with Crippen LogP contribution in [0.1, 0.15) is 25.3 Å². The summed E-state index contributed by atoms with van der Waals surface area (Å²) in [4.78, 5) is 10.9. The molecule has 1 aromatic rings. The van der Waals surface area contributed by atoms with E-state index in [9.17, 15) is 9.18 Å². The smallest absolute Gasteiger partial charge is 0.326 e.